The van der Waals surface area contributed by atoms with E-state index < -0.39 is 0 Å². The molecule has 3 rings (SSSR count). The van der Waals surface area contributed by atoms with Crippen molar-refractivity contribution < 1.29 is 9.53 Å². The van der Waals surface area contributed by atoms with Crippen molar-refractivity contribution >= 4 is 29.0 Å². The molecule has 0 spiro atoms. The number of anilines is 1. The van der Waals surface area contributed by atoms with Gasteiger partial charge in [0.1, 0.15) is 5.75 Å². The Bertz CT molecular complexity index is 836. The second kappa shape index (κ2) is 7.62. The summed E-state index contributed by atoms with van der Waals surface area (Å²) >= 11 is 1.59. The van der Waals surface area contributed by atoms with Crippen LogP contribution in [0, 0.1) is 6.92 Å². The van der Waals surface area contributed by atoms with Gasteiger partial charge in [-0.2, -0.15) is 0 Å². The van der Waals surface area contributed by atoms with Crippen LogP contribution in [0.3, 0.4) is 0 Å². The lowest BCUT2D eigenvalue weighted by molar-refractivity contribution is -0.111. The van der Waals surface area contributed by atoms with Crippen molar-refractivity contribution in [3.05, 3.63) is 82.6 Å². The summed E-state index contributed by atoms with van der Waals surface area (Å²) in [6.07, 6.45) is 3.32. The number of para-hydroxylation sites is 2. The van der Waals surface area contributed by atoms with Gasteiger partial charge in [-0.25, -0.2) is 0 Å². The van der Waals surface area contributed by atoms with Gasteiger partial charge in [0.25, 0.3) is 0 Å². The third-order valence-corrected chi connectivity index (χ3v) is 4.17. The normalized spacial score (nSPS) is 10.7. The maximum absolute atomic E-state index is 12.1. The van der Waals surface area contributed by atoms with Gasteiger partial charge >= 0.3 is 0 Å². The Kier molecular flexibility index (Phi) is 5.08. The number of benzene rings is 2. The largest absolute Gasteiger partial charge is 0.455 e. The second-order valence-corrected chi connectivity index (χ2v) is 6.23. The van der Waals surface area contributed by atoms with E-state index in [-0.39, 0.29) is 5.91 Å². The molecular weight excluding hydrogens is 318 g/mol. The SMILES string of the molecule is Cc1ccc(Oc2ccccc2NC(=O)/C=C/c2cccs2)cc1. The van der Waals surface area contributed by atoms with Gasteiger partial charge in [-0.15, -0.1) is 11.3 Å². The van der Waals surface area contributed by atoms with Crippen molar-refractivity contribution in [1.29, 1.82) is 0 Å². The van der Waals surface area contributed by atoms with Crippen molar-refractivity contribution in [2.45, 2.75) is 6.92 Å². The van der Waals surface area contributed by atoms with Crippen LogP contribution in [-0.4, -0.2) is 5.91 Å². The van der Waals surface area contributed by atoms with E-state index in [0.717, 1.165) is 10.6 Å². The van der Waals surface area contributed by atoms with Crippen LogP contribution in [0.25, 0.3) is 6.08 Å². The molecular formula is C20H17NO2S. The van der Waals surface area contributed by atoms with Crippen LogP contribution in [0.15, 0.2) is 72.1 Å². The molecule has 3 aromatic rings. The average Bonchev–Trinajstić information content (AvgIpc) is 3.10. The third kappa shape index (κ3) is 4.33. The molecule has 1 amide bonds. The minimum atomic E-state index is -0.191. The van der Waals surface area contributed by atoms with E-state index in [1.54, 1.807) is 17.4 Å². The number of carbonyl (C=O) groups is 1. The van der Waals surface area contributed by atoms with Gasteiger partial charge < -0.3 is 10.1 Å². The molecule has 1 N–H and O–H groups in total. The maximum Gasteiger partial charge on any atom is 0.248 e. The van der Waals surface area contributed by atoms with Crippen molar-refractivity contribution in [2.75, 3.05) is 5.32 Å². The van der Waals surface area contributed by atoms with E-state index in [4.69, 9.17) is 4.74 Å². The van der Waals surface area contributed by atoms with Crippen molar-refractivity contribution in [1.82, 2.24) is 0 Å². The van der Waals surface area contributed by atoms with E-state index in [2.05, 4.69) is 5.32 Å². The van der Waals surface area contributed by atoms with E-state index in [9.17, 15) is 4.79 Å². The lowest BCUT2D eigenvalue weighted by Crippen LogP contribution is -2.08. The van der Waals surface area contributed by atoms with Crippen LogP contribution in [-0.2, 0) is 4.79 Å². The number of aryl methyl sites for hydroxylation is 1. The molecule has 0 atom stereocenters. The zero-order valence-corrected chi connectivity index (χ0v) is 14.0. The lowest BCUT2D eigenvalue weighted by Gasteiger charge is -2.11. The van der Waals surface area contributed by atoms with Crippen LogP contribution >= 0.6 is 11.3 Å². The number of amides is 1. The smallest absolute Gasteiger partial charge is 0.248 e. The molecule has 0 aliphatic carbocycles. The molecule has 0 bridgehead atoms. The molecule has 0 fully saturated rings. The summed E-state index contributed by atoms with van der Waals surface area (Å²) in [4.78, 5) is 13.1. The average molecular weight is 335 g/mol. The van der Waals surface area contributed by atoms with Crippen LogP contribution in [0.2, 0.25) is 0 Å². The summed E-state index contributed by atoms with van der Waals surface area (Å²) in [5.41, 5.74) is 1.81. The molecule has 0 unspecified atom stereocenters. The first-order valence-electron chi connectivity index (χ1n) is 7.57. The predicted molar refractivity (Wildman–Crippen MR) is 99.7 cm³/mol. The van der Waals surface area contributed by atoms with E-state index >= 15 is 0 Å². The molecule has 1 aromatic heterocycles. The van der Waals surface area contributed by atoms with Crippen LogP contribution < -0.4 is 10.1 Å². The fraction of sp³-hybridized carbons (Fsp3) is 0.0500. The maximum atomic E-state index is 12.1. The number of rotatable bonds is 5. The number of ether oxygens (including phenoxy) is 1. The molecule has 0 saturated heterocycles. The minimum absolute atomic E-state index is 0.191. The number of hydrogen-bond acceptors (Lipinski definition) is 3. The highest BCUT2D eigenvalue weighted by Crippen LogP contribution is 2.29. The first-order valence-corrected chi connectivity index (χ1v) is 8.45. The first-order chi connectivity index (χ1) is 11.7. The van der Waals surface area contributed by atoms with Crippen LogP contribution in [0.5, 0.6) is 11.5 Å². The summed E-state index contributed by atoms with van der Waals surface area (Å²) in [5.74, 6) is 1.15. The zero-order chi connectivity index (χ0) is 16.8. The molecule has 0 radical (unpaired) electrons. The van der Waals surface area contributed by atoms with E-state index in [1.807, 2.05) is 73.0 Å². The number of hydrogen-bond donors (Lipinski definition) is 1. The molecule has 3 nitrogen and oxygen atoms in total. The first kappa shape index (κ1) is 16.0. The monoisotopic (exact) mass is 335 g/mol. The highest BCUT2D eigenvalue weighted by atomic mass is 32.1. The summed E-state index contributed by atoms with van der Waals surface area (Å²) in [5, 5.41) is 4.83. The number of thiophene rings is 1. The van der Waals surface area contributed by atoms with Gasteiger partial charge in [-0.05, 0) is 48.7 Å². The molecule has 24 heavy (non-hydrogen) atoms. The van der Waals surface area contributed by atoms with Crippen molar-refractivity contribution in [3.63, 3.8) is 0 Å². The van der Waals surface area contributed by atoms with Crippen LogP contribution in [0.4, 0.5) is 5.69 Å². The highest BCUT2D eigenvalue weighted by Gasteiger charge is 2.06. The second-order valence-electron chi connectivity index (χ2n) is 5.25. The topological polar surface area (TPSA) is 38.3 Å². The fourth-order valence-electron chi connectivity index (χ4n) is 2.11. The Balaban J connectivity index is 1.71. The Morgan fingerprint density at radius 3 is 2.58 bits per heavy atom. The molecule has 2 aromatic carbocycles. The van der Waals surface area contributed by atoms with Gasteiger partial charge in [0.05, 0.1) is 5.69 Å². The predicted octanol–water partition coefficient (Wildman–Crippen LogP) is 5.50. The molecule has 0 aliphatic heterocycles. The van der Waals surface area contributed by atoms with Gasteiger partial charge in [-0.1, -0.05) is 35.9 Å². The molecule has 0 aliphatic rings. The quantitative estimate of drug-likeness (QED) is 0.625. The molecule has 120 valence electrons. The van der Waals surface area contributed by atoms with Gasteiger partial charge in [0.15, 0.2) is 5.75 Å². The number of nitrogens with one attached hydrogen (secondary N) is 1. The Labute approximate surface area is 145 Å². The molecule has 0 saturated carbocycles. The standard InChI is InChI=1S/C20H17NO2S/c1-15-8-10-16(11-9-15)23-19-7-3-2-6-18(19)21-20(22)13-12-17-5-4-14-24-17/h2-14H,1H3,(H,21,22)/b13-12+. The van der Waals surface area contributed by atoms with Gasteiger partial charge in [-0.3, -0.25) is 4.79 Å². The Morgan fingerprint density at radius 2 is 1.83 bits per heavy atom. The zero-order valence-electron chi connectivity index (χ0n) is 13.2. The minimum Gasteiger partial charge on any atom is -0.455 e. The summed E-state index contributed by atoms with van der Waals surface area (Å²) in [7, 11) is 0. The van der Waals surface area contributed by atoms with Crippen LogP contribution in [0.1, 0.15) is 10.4 Å². The highest BCUT2D eigenvalue weighted by molar-refractivity contribution is 7.10. The Morgan fingerprint density at radius 1 is 1.04 bits per heavy atom. The Hall–Kier alpha value is -2.85. The van der Waals surface area contributed by atoms with Crippen molar-refractivity contribution in [3.8, 4) is 11.5 Å². The summed E-state index contributed by atoms with van der Waals surface area (Å²) < 4.78 is 5.88. The van der Waals surface area contributed by atoms with Crippen molar-refractivity contribution in [2.24, 2.45) is 0 Å². The third-order valence-electron chi connectivity index (χ3n) is 3.34. The lowest BCUT2D eigenvalue weighted by atomic mass is 10.2. The summed E-state index contributed by atoms with van der Waals surface area (Å²) in [6, 6.07) is 19.1. The van der Waals surface area contributed by atoms with E-state index in [0.29, 0.717) is 11.4 Å². The van der Waals surface area contributed by atoms with E-state index in [1.165, 1.54) is 11.6 Å². The van der Waals surface area contributed by atoms with Gasteiger partial charge in [0.2, 0.25) is 5.91 Å². The fourth-order valence-corrected chi connectivity index (χ4v) is 2.73. The van der Waals surface area contributed by atoms with Gasteiger partial charge in [0, 0.05) is 11.0 Å². The summed E-state index contributed by atoms with van der Waals surface area (Å²) in [6.45, 7) is 2.03. The number of carbonyl (C=O) groups excluding carboxylic acids is 1. The molecule has 4 heteroatoms. The molecule has 1 heterocycles.